The van der Waals surface area contributed by atoms with E-state index in [1.165, 1.54) is 18.2 Å². The van der Waals surface area contributed by atoms with Gasteiger partial charge in [-0.1, -0.05) is 30.3 Å². The average Bonchev–Trinajstić information content (AvgIpc) is 3.16. The lowest BCUT2D eigenvalue weighted by Crippen LogP contribution is -2.23. The maximum Gasteiger partial charge on any atom is 0.416 e. The van der Waals surface area contributed by atoms with Gasteiger partial charge in [0.1, 0.15) is 22.7 Å². The van der Waals surface area contributed by atoms with E-state index < -0.39 is 49.8 Å². The second-order valence-corrected chi connectivity index (χ2v) is 11.3. The Bertz CT molecular complexity index is 1950. The van der Waals surface area contributed by atoms with E-state index in [1.807, 2.05) is 0 Å². The molecule has 57 heavy (non-hydrogen) atoms. The molecule has 4 aromatic carbocycles. The molecule has 23 heteroatoms. The molecule has 0 bridgehead atoms. The van der Waals surface area contributed by atoms with Crippen molar-refractivity contribution in [2.24, 2.45) is 0 Å². The number of nitro benzene ring substituents is 4. The van der Waals surface area contributed by atoms with Crippen LogP contribution in [0.2, 0.25) is 0 Å². The lowest BCUT2D eigenvalue weighted by atomic mass is 10.1. The summed E-state index contributed by atoms with van der Waals surface area (Å²) in [5.41, 5.74) is 6.13. The third kappa shape index (κ3) is 16.7. The first-order chi connectivity index (χ1) is 26.8. The lowest BCUT2D eigenvalue weighted by molar-refractivity contribution is -0.384. The number of nitrogens with one attached hydrogen (secondary N) is 3. The van der Waals surface area contributed by atoms with Gasteiger partial charge in [0, 0.05) is 43.9 Å². The summed E-state index contributed by atoms with van der Waals surface area (Å²) in [6.07, 6.45) is -5.84. The van der Waals surface area contributed by atoms with Crippen LogP contribution in [0.3, 0.4) is 0 Å². The standard InChI is InChI=1S/C10H11F3N2O4.C9H12N2O3.C8H10N2O3.C7H8N2O2/c11-10(12,13)6-1-2-8(9(3-6)15(18)19)14-4-7(17)5-16;1-7-2-3-8(10-4-5-12)9(6-7)11(13)14;11-6-5-9-7-3-1-2-4-8(7)10(12)13;1-5-3-2-4-6(7(5)8)9(10)11/h1-3,7,14,16-17H,4-5H2;2-3,6,10,12H,4-5H2,1H3;1-4,9,11H,5-6H2;2-4H,8H2,1H3. The van der Waals surface area contributed by atoms with E-state index in [-0.39, 0.29) is 48.2 Å². The molecular weight excluding hydrogens is 769 g/mol. The molecule has 0 aliphatic carbocycles. The fourth-order valence-corrected chi connectivity index (χ4v) is 4.23. The van der Waals surface area contributed by atoms with Gasteiger partial charge in [-0.15, -0.1) is 0 Å². The van der Waals surface area contributed by atoms with Crippen molar-refractivity contribution in [3.05, 3.63) is 136 Å². The predicted molar refractivity (Wildman–Crippen MR) is 204 cm³/mol. The largest absolute Gasteiger partial charge is 0.416 e. The van der Waals surface area contributed by atoms with Gasteiger partial charge < -0.3 is 42.1 Å². The number of aliphatic hydroxyl groups is 4. The van der Waals surface area contributed by atoms with Crippen molar-refractivity contribution in [3.8, 4) is 0 Å². The molecule has 4 rings (SSSR count). The zero-order chi connectivity index (χ0) is 43.3. The van der Waals surface area contributed by atoms with E-state index in [1.54, 1.807) is 56.3 Å². The Morgan fingerprint density at radius 3 is 1.61 bits per heavy atom. The summed E-state index contributed by atoms with van der Waals surface area (Å²) in [5.74, 6) is 0. The molecule has 0 saturated carbocycles. The van der Waals surface area contributed by atoms with Crippen LogP contribution in [0.5, 0.6) is 0 Å². The zero-order valence-corrected chi connectivity index (χ0v) is 30.4. The van der Waals surface area contributed by atoms with Crippen molar-refractivity contribution in [1.29, 1.82) is 0 Å². The molecule has 0 amide bonds. The van der Waals surface area contributed by atoms with Gasteiger partial charge in [-0.3, -0.25) is 40.5 Å². The number of nitro groups is 4. The Balaban J connectivity index is 0.000000388. The van der Waals surface area contributed by atoms with Gasteiger partial charge in [0.15, 0.2) is 0 Å². The summed E-state index contributed by atoms with van der Waals surface area (Å²) in [6, 6.07) is 18.0. The molecule has 9 N–H and O–H groups in total. The molecule has 1 unspecified atom stereocenters. The van der Waals surface area contributed by atoms with Gasteiger partial charge in [0.05, 0.1) is 51.2 Å². The van der Waals surface area contributed by atoms with Gasteiger partial charge in [-0.2, -0.15) is 13.2 Å². The highest BCUT2D eigenvalue weighted by Crippen LogP contribution is 2.35. The quantitative estimate of drug-likeness (QED) is 0.0462. The molecule has 0 aliphatic rings. The highest BCUT2D eigenvalue weighted by Gasteiger charge is 2.33. The lowest BCUT2D eigenvalue weighted by Gasteiger charge is -2.12. The Kier molecular flexibility index (Phi) is 20.3. The van der Waals surface area contributed by atoms with E-state index >= 15 is 0 Å². The smallest absolute Gasteiger partial charge is 0.395 e. The number of aliphatic hydroxyl groups excluding tert-OH is 4. The van der Waals surface area contributed by atoms with Gasteiger partial charge in [0.2, 0.25) is 0 Å². The first kappa shape index (κ1) is 48.3. The number of rotatable bonds is 14. The van der Waals surface area contributed by atoms with Gasteiger partial charge in [0.25, 0.3) is 22.7 Å². The van der Waals surface area contributed by atoms with Crippen LogP contribution in [0.4, 0.5) is 58.7 Å². The van der Waals surface area contributed by atoms with Crippen LogP contribution in [0.25, 0.3) is 0 Å². The van der Waals surface area contributed by atoms with Crippen LogP contribution in [0.15, 0.2) is 78.9 Å². The fourth-order valence-electron chi connectivity index (χ4n) is 4.23. The SMILES string of the molecule is Cc1ccc(NCCO)c([N+](=O)[O-])c1.Cc1cccc([N+](=O)[O-])c1N.O=[N+]([O-])c1cc(C(F)(F)F)ccc1NCC(O)CO.O=[N+]([O-])c1ccccc1NCCO. The van der Waals surface area contributed by atoms with Crippen molar-refractivity contribution in [3.63, 3.8) is 0 Å². The van der Waals surface area contributed by atoms with Gasteiger partial charge >= 0.3 is 6.18 Å². The van der Waals surface area contributed by atoms with Crippen LogP contribution >= 0.6 is 0 Å². The van der Waals surface area contributed by atoms with Crippen LogP contribution < -0.4 is 21.7 Å². The minimum absolute atomic E-state index is 0.0231. The first-order valence-corrected chi connectivity index (χ1v) is 16.3. The average molecular weight is 811 g/mol. The van der Waals surface area contributed by atoms with Crippen molar-refractivity contribution >= 4 is 45.5 Å². The number of halogens is 3. The highest BCUT2D eigenvalue weighted by atomic mass is 19.4. The van der Waals surface area contributed by atoms with Crippen molar-refractivity contribution < 1.29 is 53.3 Å². The van der Waals surface area contributed by atoms with E-state index in [4.69, 9.17) is 26.2 Å². The third-order valence-corrected chi connectivity index (χ3v) is 7.06. The second kappa shape index (κ2) is 24.0. The molecule has 0 spiro atoms. The Morgan fingerprint density at radius 1 is 0.649 bits per heavy atom. The number of aryl methyl sites for hydroxylation is 2. The molecule has 0 aromatic heterocycles. The summed E-state index contributed by atoms with van der Waals surface area (Å²) >= 11 is 0. The zero-order valence-electron chi connectivity index (χ0n) is 30.4. The van der Waals surface area contributed by atoms with Crippen LogP contribution in [-0.2, 0) is 6.18 Å². The molecule has 0 saturated heterocycles. The Labute approximate surface area is 322 Å². The molecule has 20 nitrogen and oxygen atoms in total. The van der Waals surface area contributed by atoms with Crippen LogP contribution in [0.1, 0.15) is 16.7 Å². The Hall–Kier alpha value is -6.69. The number of anilines is 4. The topological polar surface area (TPSA) is 316 Å². The number of hydrogen-bond donors (Lipinski definition) is 8. The molecule has 0 heterocycles. The summed E-state index contributed by atoms with van der Waals surface area (Å²) in [4.78, 5) is 39.8. The number of para-hydroxylation sites is 3. The monoisotopic (exact) mass is 810 g/mol. The number of nitrogens with two attached hydrogens (primary N) is 1. The summed E-state index contributed by atoms with van der Waals surface area (Å²) in [6.45, 7) is 3.27. The summed E-state index contributed by atoms with van der Waals surface area (Å²) in [7, 11) is 0. The third-order valence-electron chi connectivity index (χ3n) is 7.06. The molecule has 0 fully saturated rings. The van der Waals surface area contributed by atoms with E-state index in [0.29, 0.717) is 36.6 Å². The van der Waals surface area contributed by atoms with E-state index in [2.05, 4.69) is 16.0 Å². The van der Waals surface area contributed by atoms with Crippen molar-refractivity contribution in [2.75, 3.05) is 61.1 Å². The maximum atomic E-state index is 12.4. The molecule has 0 radical (unpaired) electrons. The van der Waals surface area contributed by atoms with E-state index in [0.717, 1.165) is 17.2 Å². The number of hydrogen-bond acceptors (Lipinski definition) is 16. The predicted octanol–water partition coefficient (Wildman–Crippen LogP) is 5.17. The number of nitrogens with zero attached hydrogens (tertiary/aromatic N) is 4. The second-order valence-electron chi connectivity index (χ2n) is 11.3. The molecule has 1 atom stereocenters. The normalized spacial score (nSPS) is 10.8. The minimum atomic E-state index is -4.67. The summed E-state index contributed by atoms with van der Waals surface area (Å²) in [5, 5.41) is 84.8. The van der Waals surface area contributed by atoms with Gasteiger partial charge in [-0.25, -0.2) is 0 Å². The molecule has 4 aromatic rings. The minimum Gasteiger partial charge on any atom is -0.395 e. The molecular formula is C34H41F3N8O12. The number of nitrogen functional groups attached to an aromatic ring is 1. The van der Waals surface area contributed by atoms with E-state index in [9.17, 15) is 53.6 Å². The van der Waals surface area contributed by atoms with Crippen molar-refractivity contribution in [1.82, 2.24) is 0 Å². The first-order valence-electron chi connectivity index (χ1n) is 16.3. The molecule has 0 aliphatic heterocycles. The van der Waals surface area contributed by atoms with Crippen molar-refractivity contribution in [2.45, 2.75) is 26.1 Å². The molecule has 310 valence electrons. The summed E-state index contributed by atoms with van der Waals surface area (Å²) < 4.78 is 37.2. The van der Waals surface area contributed by atoms with Crippen LogP contribution in [-0.4, -0.2) is 85.7 Å². The number of benzene rings is 4. The maximum absolute atomic E-state index is 12.4. The van der Waals surface area contributed by atoms with Gasteiger partial charge in [-0.05, 0) is 49.2 Å². The Morgan fingerprint density at radius 2 is 1.12 bits per heavy atom. The van der Waals surface area contributed by atoms with Crippen LogP contribution in [0, 0.1) is 54.3 Å². The fraction of sp³-hybridized carbons (Fsp3) is 0.294. The number of alkyl halides is 3. The highest BCUT2D eigenvalue weighted by molar-refractivity contribution is 5.64.